The number of aryl methyl sites for hydroxylation is 1. The van der Waals surface area contributed by atoms with Crippen molar-refractivity contribution in [2.75, 3.05) is 6.61 Å². The predicted octanol–water partition coefficient (Wildman–Crippen LogP) is 3.13. The zero-order valence-electron chi connectivity index (χ0n) is 11.3. The van der Waals surface area contributed by atoms with Gasteiger partial charge in [-0.3, -0.25) is 9.20 Å². The molecule has 20 heavy (non-hydrogen) atoms. The van der Waals surface area contributed by atoms with Crippen molar-refractivity contribution in [1.82, 2.24) is 9.38 Å². The molecule has 1 aromatic carbocycles. The Hall–Kier alpha value is -2.14. The summed E-state index contributed by atoms with van der Waals surface area (Å²) in [4.78, 5) is 17.7. The Morgan fingerprint density at radius 1 is 1.30 bits per heavy atom. The number of thiazole rings is 1. The van der Waals surface area contributed by atoms with Gasteiger partial charge in [0.2, 0.25) is 0 Å². The first-order valence-electron chi connectivity index (χ1n) is 6.40. The van der Waals surface area contributed by atoms with Crippen LogP contribution in [-0.2, 0) is 0 Å². The molecule has 0 saturated heterocycles. The van der Waals surface area contributed by atoms with E-state index in [-0.39, 0.29) is 5.56 Å². The lowest BCUT2D eigenvalue weighted by Gasteiger charge is -2.07. The fourth-order valence-corrected chi connectivity index (χ4v) is 2.95. The highest BCUT2D eigenvalue weighted by atomic mass is 32.1. The number of ether oxygens (including phenoxy) is 1. The zero-order valence-corrected chi connectivity index (χ0v) is 12.1. The highest BCUT2D eigenvalue weighted by Crippen LogP contribution is 2.23. The molecule has 0 saturated carbocycles. The molecule has 0 amide bonds. The molecule has 0 unspecified atom stereocenters. The molecule has 0 N–H and O–H groups in total. The Morgan fingerprint density at radius 3 is 2.75 bits per heavy atom. The highest BCUT2D eigenvalue weighted by molar-refractivity contribution is 7.15. The Bertz CT molecular complexity index is 803. The fourth-order valence-electron chi connectivity index (χ4n) is 2.20. The van der Waals surface area contributed by atoms with Crippen LogP contribution in [0.1, 0.15) is 12.6 Å². The van der Waals surface area contributed by atoms with E-state index >= 15 is 0 Å². The Morgan fingerprint density at radius 2 is 2.05 bits per heavy atom. The first-order valence-corrected chi connectivity index (χ1v) is 7.28. The number of rotatable bonds is 3. The van der Waals surface area contributed by atoms with Gasteiger partial charge in [-0.05, 0) is 31.5 Å². The molecule has 0 aliphatic carbocycles. The van der Waals surface area contributed by atoms with Crippen LogP contribution in [0.3, 0.4) is 0 Å². The molecular formula is C15H14N2O2S. The zero-order chi connectivity index (χ0) is 14.1. The van der Waals surface area contributed by atoms with E-state index in [1.165, 1.54) is 11.3 Å². The summed E-state index contributed by atoms with van der Waals surface area (Å²) in [6.45, 7) is 4.44. The van der Waals surface area contributed by atoms with Crippen molar-refractivity contribution in [3.8, 4) is 16.9 Å². The number of benzene rings is 1. The molecule has 0 aliphatic heterocycles. The summed E-state index contributed by atoms with van der Waals surface area (Å²) in [5.74, 6) is 0.804. The van der Waals surface area contributed by atoms with E-state index in [0.29, 0.717) is 12.2 Å². The quantitative estimate of drug-likeness (QED) is 0.743. The van der Waals surface area contributed by atoms with Crippen LogP contribution in [0.25, 0.3) is 16.1 Å². The summed E-state index contributed by atoms with van der Waals surface area (Å²) in [5.41, 5.74) is 2.23. The van der Waals surface area contributed by atoms with Crippen LogP contribution in [0, 0.1) is 6.92 Å². The lowest BCUT2D eigenvalue weighted by atomic mass is 10.1. The van der Waals surface area contributed by atoms with Crippen LogP contribution in [0.2, 0.25) is 0 Å². The number of nitrogens with zero attached hydrogens (tertiary/aromatic N) is 2. The monoisotopic (exact) mass is 286 g/mol. The largest absolute Gasteiger partial charge is 0.494 e. The summed E-state index contributed by atoms with van der Waals surface area (Å²) in [6, 6.07) is 7.55. The van der Waals surface area contributed by atoms with Gasteiger partial charge in [-0.15, -0.1) is 11.3 Å². The number of fused-ring (bicyclic) bond motifs is 1. The Labute approximate surface area is 120 Å². The van der Waals surface area contributed by atoms with Gasteiger partial charge in [-0.1, -0.05) is 12.1 Å². The molecule has 0 radical (unpaired) electrons. The minimum atomic E-state index is -0.0297. The molecule has 2 aromatic heterocycles. The van der Waals surface area contributed by atoms with Gasteiger partial charge in [-0.25, -0.2) is 4.98 Å². The summed E-state index contributed by atoms with van der Waals surface area (Å²) < 4.78 is 7.00. The molecule has 4 nitrogen and oxygen atoms in total. The van der Waals surface area contributed by atoms with Crippen molar-refractivity contribution in [3.63, 3.8) is 0 Å². The van der Waals surface area contributed by atoms with E-state index in [9.17, 15) is 4.79 Å². The van der Waals surface area contributed by atoms with Gasteiger partial charge in [0, 0.05) is 11.6 Å². The number of hydrogen-bond donors (Lipinski definition) is 0. The smallest absolute Gasteiger partial charge is 0.266 e. The third-order valence-electron chi connectivity index (χ3n) is 3.10. The maximum atomic E-state index is 12.5. The van der Waals surface area contributed by atoms with Gasteiger partial charge in [0.15, 0.2) is 4.96 Å². The van der Waals surface area contributed by atoms with E-state index in [1.807, 2.05) is 43.5 Å². The van der Waals surface area contributed by atoms with Crippen molar-refractivity contribution in [3.05, 3.63) is 51.9 Å². The first kappa shape index (κ1) is 12.9. The van der Waals surface area contributed by atoms with Crippen LogP contribution >= 0.6 is 11.3 Å². The minimum absolute atomic E-state index is 0.0297. The van der Waals surface area contributed by atoms with Gasteiger partial charge in [-0.2, -0.15) is 0 Å². The van der Waals surface area contributed by atoms with Crippen molar-refractivity contribution in [2.24, 2.45) is 0 Å². The fraction of sp³-hybridized carbons (Fsp3) is 0.200. The van der Waals surface area contributed by atoms with Gasteiger partial charge in [0.25, 0.3) is 5.56 Å². The van der Waals surface area contributed by atoms with Gasteiger partial charge >= 0.3 is 0 Å². The molecule has 3 rings (SSSR count). The van der Waals surface area contributed by atoms with Crippen LogP contribution in [-0.4, -0.2) is 16.0 Å². The SMILES string of the molecule is CCOc1ccc(-c2c(C)nc3sccn3c2=O)cc1. The van der Waals surface area contributed by atoms with Crippen molar-refractivity contribution >= 4 is 16.3 Å². The maximum absolute atomic E-state index is 12.5. The van der Waals surface area contributed by atoms with Gasteiger partial charge in [0.05, 0.1) is 17.9 Å². The Balaban J connectivity index is 2.16. The van der Waals surface area contributed by atoms with Crippen LogP contribution < -0.4 is 10.3 Å². The average Bonchev–Trinajstić information content (AvgIpc) is 2.89. The van der Waals surface area contributed by atoms with Crippen molar-refractivity contribution < 1.29 is 4.74 Å². The standard InChI is InChI=1S/C15H14N2O2S/c1-3-19-12-6-4-11(5-7-12)13-10(2)16-15-17(14(13)18)8-9-20-15/h4-9H,3H2,1-2H3. The lowest BCUT2D eigenvalue weighted by Crippen LogP contribution is -2.16. The van der Waals surface area contributed by atoms with E-state index in [1.54, 1.807) is 10.6 Å². The van der Waals surface area contributed by atoms with Crippen LogP contribution in [0.4, 0.5) is 0 Å². The topological polar surface area (TPSA) is 43.6 Å². The summed E-state index contributed by atoms with van der Waals surface area (Å²) in [7, 11) is 0. The molecule has 102 valence electrons. The van der Waals surface area contributed by atoms with E-state index in [4.69, 9.17) is 4.74 Å². The Kier molecular flexibility index (Phi) is 3.28. The second-order valence-electron chi connectivity index (χ2n) is 4.39. The van der Waals surface area contributed by atoms with E-state index in [0.717, 1.165) is 22.0 Å². The first-order chi connectivity index (χ1) is 9.70. The average molecular weight is 286 g/mol. The molecule has 0 spiro atoms. The number of hydrogen-bond acceptors (Lipinski definition) is 4. The van der Waals surface area contributed by atoms with Crippen molar-refractivity contribution in [2.45, 2.75) is 13.8 Å². The minimum Gasteiger partial charge on any atom is -0.494 e. The summed E-state index contributed by atoms with van der Waals surface area (Å²) in [5, 5.41) is 1.87. The predicted molar refractivity (Wildman–Crippen MR) is 80.7 cm³/mol. The summed E-state index contributed by atoms with van der Waals surface area (Å²) >= 11 is 1.46. The molecular weight excluding hydrogens is 272 g/mol. The second kappa shape index (κ2) is 5.09. The maximum Gasteiger partial charge on any atom is 0.266 e. The van der Waals surface area contributed by atoms with Gasteiger partial charge < -0.3 is 4.74 Å². The molecule has 5 heteroatoms. The molecule has 0 atom stereocenters. The lowest BCUT2D eigenvalue weighted by molar-refractivity contribution is 0.340. The normalized spacial score (nSPS) is 10.9. The highest BCUT2D eigenvalue weighted by Gasteiger charge is 2.12. The number of aromatic nitrogens is 2. The molecule has 0 bridgehead atoms. The van der Waals surface area contributed by atoms with E-state index < -0.39 is 0 Å². The third-order valence-corrected chi connectivity index (χ3v) is 3.86. The van der Waals surface area contributed by atoms with E-state index in [2.05, 4.69) is 4.98 Å². The molecule has 0 aliphatic rings. The molecule has 0 fully saturated rings. The van der Waals surface area contributed by atoms with Crippen molar-refractivity contribution in [1.29, 1.82) is 0 Å². The third kappa shape index (κ3) is 2.10. The molecule has 3 aromatic rings. The summed E-state index contributed by atoms with van der Waals surface area (Å²) in [6.07, 6.45) is 1.76. The molecule has 2 heterocycles. The van der Waals surface area contributed by atoms with Crippen LogP contribution in [0.5, 0.6) is 5.75 Å². The van der Waals surface area contributed by atoms with Gasteiger partial charge in [0.1, 0.15) is 5.75 Å². The van der Waals surface area contributed by atoms with Crippen LogP contribution in [0.15, 0.2) is 40.6 Å². The second-order valence-corrected chi connectivity index (χ2v) is 5.26.